The van der Waals surface area contributed by atoms with Crippen LogP contribution >= 0.6 is 11.3 Å². The molecule has 1 aliphatic heterocycles. The number of hydrogen-bond acceptors (Lipinski definition) is 5. The van der Waals surface area contributed by atoms with E-state index in [2.05, 4.69) is 0 Å². The summed E-state index contributed by atoms with van der Waals surface area (Å²) in [5.41, 5.74) is 0.612. The summed E-state index contributed by atoms with van der Waals surface area (Å²) in [6, 6.07) is 8.40. The molecular formula is C13H9NO5S. The Morgan fingerprint density at radius 1 is 1.20 bits per heavy atom. The van der Waals surface area contributed by atoms with Gasteiger partial charge in [-0.05, 0) is 12.1 Å². The Morgan fingerprint density at radius 2 is 1.95 bits per heavy atom. The number of thiophene rings is 1. The molecule has 2 heterocycles. The molecule has 7 heteroatoms. The molecule has 1 aliphatic rings. The number of ether oxygens (including phenoxy) is 1. The van der Waals surface area contributed by atoms with E-state index in [9.17, 15) is 9.59 Å². The van der Waals surface area contributed by atoms with E-state index in [-0.39, 0.29) is 11.4 Å². The Kier molecular flexibility index (Phi) is 2.83. The van der Waals surface area contributed by atoms with E-state index in [1.54, 1.807) is 29.2 Å². The van der Waals surface area contributed by atoms with E-state index >= 15 is 0 Å². The summed E-state index contributed by atoms with van der Waals surface area (Å²) >= 11 is 0.995. The highest BCUT2D eigenvalue weighted by molar-refractivity contribution is 7.18. The summed E-state index contributed by atoms with van der Waals surface area (Å²) in [7, 11) is 0. The van der Waals surface area contributed by atoms with Gasteiger partial charge in [0, 0.05) is 6.07 Å². The number of benzene rings is 1. The van der Waals surface area contributed by atoms with Crippen molar-refractivity contribution in [2.75, 3.05) is 11.4 Å². The molecule has 102 valence electrons. The number of carbonyl (C=O) groups is 2. The fraction of sp³-hybridized carbons (Fsp3) is 0.0769. The molecule has 0 radical (unpaired) electrons. The Hall–Kier alpha value is -2.54. The summed E-state index contributed by atoms with van der Waals surface area (Å²) in [6.07, 6.45) is 0. The molecule has 2 aromatic rings. The lowest BCUT2D eigenvalue weighted by Crippen LogP contribution is -2.26. The van der Waals surface area contributed by atoms with Crippen LogP contribution < -0.4 is 9.64 Å². The van der Waals surface area contributed by atoms with Gasteiger partial charge in [0.05, 0.1) is 5.69 Å². The van der Waals surface area contributed by atoms with Gasteiger partial charge in [0.1, 0.15) is 16.4 Å². The van der Waals surface area contributed by atoms with Crippen LogP contribution in [0.25, 0.3) is 0 Å². The number of anilines is 2. The third kappa shape index (κ3) is 1.97. The Bertz CT molecular complexity index is 709. The van der Waals surface area contributed by atoms with Crippen LogP contribution in [-0.4, -0.2) is 28.7 Å². The smallest absolute Gasteiger partial charge is 0.346 e. The van der Waals surface area contributed by atoms with Crippen molar-refractivity contribution in [1.29, 1.82) is 0 Å². The maximum Gasteiger partial charge on any atom is 0.346 e. The zero-order valence-corrected chi connectivity index (χ0v) is 10.9. The second-order valence-electron chi connectivity index (χ2n) is 4.13. The molecule has 0 spiro atoms. The first-order valence-electron chi connectivity index (χ1n) is 5.69. The lowest BCUT2D eigenvalue weighted by Gasteiger charge is -2.28. The van der Waals surface area contributed by atoms with E-state index < -0.39 is 11.9 Å². The maximum absolute atomic E-state index is 11.0. The minimum atomic E-state index is -1.06. The Labute approximate surface area is 117 Å². The molecule has 3 rings (SSSR count). The maximum atomic E-state index is 11.0. The number of aliphatic carboxylic acids is 1. The minimum Gasteiger partial charge on any atom is -0.480 e. The van der Waals surface area contributed by atoms with Crippen LogP contribution in [0.2, 0.25) is 0 Å². The summed E-state index contributed by atoms with van der Waals surface area (Å²) in [4.78, 5) is 23.7. The van der Waals surface area contributed by atoms with Crippen LogP contribution in [-0.2, 0) is 4.79 Å². The molecule has 6 nitrogen and oxygen atoms in total. The molecule has 0 saturated heterocycles. The van der Waals surface area contributed by atoms with Crippen LogP contribution in [0.4, 0.5) is 10.7 Å². The summed E-state index contributed by atoms with van der Waals surface area (Å²) in [5, 5.41) is 18.6. The van der Waals surface area contributed by atoms with Crippen LogP contribution in [0.5, 0.6) is 11.5 Å². The summed E-state index contributed by atoms with van der Waals surface area (Å²) < 4.78 is 5.63. The number of fused-ring (bicyclic) bond motifs is 2. The van der Waals surface area contributed by atoms with Gasteiger partial charge in [0.25, 0.3) is 0 Å². The Morgan fingerprint density at radius 3 is 2.65 bits per heavy atom. The average Bonchev–Trinajstić information content (AvgIpc) is 2.82. The van der Waals surface area contributed by atoms with Crippen LogP contribution in [0, 0.1) is 0 Å². The number of nitrogens with zero attached hydrogens (tertiary/aromatic N) is 1. The molecule has 20 heavy (non-hydrogen) atoms. The van der Waals surface area contributed by atoms with Gasteiger partial charge < -0.3 is 19.8 Å². The lowest BCUT2D eigenvalue weighted by atomic mass is 10.2. The van der Waals surface area contributed by atoms with E-state index in [4.69, 9.17) is 14.9 Å². The number of aromatic carboxylic acids is 1. The first kappa shape index (κ1) is 12.5. The molecular weight excluding hydrogens is 282 g/mol. The molecule has 0 unspecified atom stereocenters. The van der Waals surface area contributed by atoms with E-state index in [1.165, 1.54) is 6.07 Å². The van der Waals surface area contributed by atoms with E-state index in [0.717, 1.165) is 11.3 Å². The van der Waals surface area contributed by atoms with Crippen molar-refractivity contribution in [2.24, 2.45) is 0 Å². The van der Waals surface area contributed by atoms with Crippen molar-refractivity contribution in [2.45, 2.75) is 0 Å². The molecule has 0 fully saturated rings. The largest absolute Gasteiger partial charge is 0.480 e. The fourth-order valence-corrected chi connectivity index (χ4v) is 2.95. The second kappa shape index (κ2) is 4.53. The highest BCUT2D eigenvalue weighted by Gasteiger charge is 2.29. The molecule has 0 aliphatic carbocycles. The summed E-state index contributed by atoms with van der Waals surface area (Å²) in [5.74, 6) is -1.19. The second-order valence-corrected chi connectivity index (χ2v) is 5.17. The molecule has 1 aromatic carbocycles. The predicted octanol–water partition coefficient (Wildman–Crippen LogP) is 2.77. The molecule has 0 amide bonds. The molecule has 0 atom stereocenters. The van der Waals surface area contributed by atoms with Gasteiger partial charge in [-0.25, -0.2) is 4.79 Å². The van der Waals surface area contributed by atoms with Crippen molar-refractivity contribution in [1.82, 2.24) is 0 Å². The quantitative estimate of drug-likeness (QED) is 0.904. The monoisotopic (exact) mass is 291 g/mol. The number of carboxylic acid groups (broad SMARTS) is 2. The van der Waals surface area contributed by atoms with Crippen molar-refractivity contribution >= 4 is 34.0 Å². The van der Waals surface area contributed by atoms with E-state index in [0.29, 0.717) is 22.2 Å². The van der Waals surface area contributed by atoms with Gasteiger partial charge in [-0.3, -0.25) is 4.79 Å². The van der Waals surface area contributed by atoms with Crippen molar-refractivity contribution in [3.8, 4) is 11.5 Å². The van der Waals surface area contributed by atoms with Gasteiger partial charge in [-0.2, -0.15) is 0 Å². The highest BCUT2D eigenvalue weighted by Crippen LogP contribution is 2.50. The molecule has 0 saturated carbocycles. The number of rotatable bonds is 3. The third-order valence-corrected chi connectivity index (χ3v) is 3.93. The number of carboxylic acids is 2. The van der Waals surface area contributed by atoms with Gasteiger partial charge in [-0.1, -0.05) is 12.1 Å². The van der Waals surface area contributed by atoms with Gasteiger partial charge in [0.2, 0.25) is 0 Å². The zero-order chi connectivity index (χ0) is 14.3. The fourth-order valence-electron chi connectivity index (χ4n) is 2.02. The molecule has 0 bridgehead atoms. The average molecular weight is 291 g/mol. The lowest BCUT2D eigenvalue weighted by molar-refractivity contribution is -0.135. The van der Waals surface area contributed by atoms with E-state index in [1.807, 2.05) is 0 Å². The van der Waals surface area contributed by atoms with Crippen molar-refractivity contribution < 1.29 is 24.5 Å². The van der Waals surface area contributed by atoms with Crippen molar-refractivity contribution in [3.63, 3.8) is 0 Å². The topological polar surface area (TPSA) is 87.1 Å². The molecule has 2 N–H and O–H groups in total. The predicted molar refractivity (Wildman–Crippen MR) is 72.4 cm³/mol. The first-order chi connectivity index (χ1) is 9.56. The van der Waals surface area contributed by atoms with Gasteiger partial charge in [-0.15, -0.1) is 11.3 Å². The van der Waals surface area contributed by atoms with Crippen LogP contribution in [0.3, 0.4) is 0 Å². The Balaban J connectivity index is 2.13. The SMILES string of the molecule is O=C(O)CN1c2ccccc2Oc2cc(C(=O)O)sc21. The molecule has 1 aromatic heterocycles. The first-order valence-corrected chi connectivity index (χ1v) is 6.51. The number of para-hydroxylation sites is 2. The summed E-state index contributed by atoms with van der Waals surface area (Å²) in [6.45, 7) is -0.257. The van der Waals surface area contributed by atoms with Crippen LogP contribution in [0.1, 0.15) is 9.67 Å². The van der Waals surface area contributed by atoms with Gasteiger partial charge in [0.15, 0.2) is 11.5 Å². The standard InChI is InChI=1S/C13H9NO5S/c15-11(16)6-14-7-3-1-2-4-8(7)19-9-5-10(13(17)18)20-12(9)14/h1-5H,6H2,(H,15,16)(H,17,18). The minimum absolute atomic E-state index is 0.109. The normalized spacial score (nSPS) is 12.3. The number of hydrogen-bond donors (Lipinski definition) is 2. The zero-order valence-electron chi connectivity index (χ0n) is 10.1. The third-order valence-electron chi connectivity index (χ3n) is 2.80. The highest BCUT2D eigenvalue weighted by atomic mass is 32.1. The van der Waals surface area contributed by atoms with Crippen LogP contribution in [0.15, 0.2) is 30.3 Å². The van der Waals surface area contributed by atoms with Crippen molar-refractivity contribution in [3.05, 3.63) is 35.2 Å². The van der Waals surface area contributed by atoms with Gasteiger partial charge >= 0.3 is 11.9 Å².